The minimum Gasteiger partial charge on any atom is -0.493 e. The fourth-order valence-electron chi connectivity index (χ4n) is 4.07. The molecule has 0 bridgehead atoms. The van der Waals surface area contributed by atoms with Crippen molar-refractivity contribution in [3.8, 4) is 11.5 Å². The number of hydrogen-bond donors (Lipinski definition) is 0. The van der Waals surface area contributed by atoms with E-state index in [1.165, 1.54) is 17.0 Å². The van der Waals surface area contributed by atoms with Gasteiger partial charge in [0.2, 0.25) is 11.8 Å². The summed E-state index contributed by atoms with van der Waals surface area (Å²) in [5, 5.41) is 0. The largest absolute Gasteiger partial charge is 0.493 e. The average Bonchev–Trinajstić information content (AvgIpc) is 3.43. The molecule has 4 rings (SSSR count). The number of methoxy groups -OCH3 is 1. The summed E-state index contributed by atoms with van der Waals surface area (Å²) < 4.78 is 30.4. The summed E-state index contributed by atoms with van der Waals surface area (Å²) in [4.78, 5) is 28.2. The molecule has 2 aliphatic rings. The van der Waals surface area contributed by atoms with Crippen LogP contribution < -0.4 is 14.4 Å². The number of benzene rings is 2. The van der Waals surface area contributed by atoms with E-state index >= 15 is 0 Å². The van der Waals surface area contributed by atoms with E-state index in [0.717, 1.165) is 12.0 Å². The third-order valence-electron chi connectivity index (χ3n) is 5.95. The first-order valence-corrected chi connectivity index (χ1v) is 10.7. The van der Waals surface area contributed by atoms with Crippen LogP contribution in [0.25, 0.3) is 0 Å². The second kappa shape index (κ2) is 9.56. The van der Waals surface area contributed by atoms with Crippen LogP contribution in [0.5, 0.6) is 11.5 Å². The molecule has 32 heavy (non-hydrogen) atoms. The van der Waals surface area contributed by atoms with Gasteiger partial charge in [-0.15, -0.1) is 0 Å². The van der Waals surface area contributed by atoms with Crippen molar-refractivity contribution in [3.63, 3.8) is 0 Å². The van der Waals surface area contributed by atoms with Gasteiger partial charge in [-0.3, -0.25) is 9.59 Å². The van der Waals surface area contributed by atoms with E-state index in [1.54, 1.807) is 31.2 Å². The lowest BCUT2D eigenvalue weighted by atomic mass is 9.98. The zero-order chi connectivity index (χ0) is 22.7. The second-order valence-electron chi connectivity index (χ2n) is 8.12. The summed E-state index contributed by atoms with van der Waals surface area (Å²) in [7, 11) is 3.17. The summed E-state index contributed by atoms with van der Waals surface area (Å²) in [6.45, 7) is 1.60. The van der Waals surface area contributed by atoms with Gasteiger partial charge in [0.25, 0.3) is 0 Å². The SMILES string of the molecule is COc1ccc([C@@H]2CC(=O)N(CC(=O)N(C)c3cccc(F)c3)C2)cc1O[C@@H]1CCOC1. The number of carbonyl (C=O) groups is 2. The quantitative estimate of drug-likeness (QED) is 0.660. The van der Waals surface area contributed by atoms with Gasteiger partial charge in [-0.2, -0.15) is 0 Å². The van der Waals surface area contributed by atoms with E-state index in [2.05, 4.69) is 0 Å². The Kier molecular flexibility index (Phi) is 6.60. The van der Waals surface area contributed by atoms with E-state index in [0.29, 0.717) is 43.4 Å². The van der Waals surface area contributed by atoms with Gasteiger partial charge in [0.05, 0.1) is 20.3 Å². The first kappa shape index (κ1) is 22.1. The van der Waals surface area contributed by atoms with Crippen molar-refractivity contribution in [2.45, 2.75) is 24.9 Å². The van der Waals surface area contributed by atoms with Gasteiger partial charge in [-0.1, -0.05) is 12.1 Å². The fourth-order valence-corrected chi connectivity index (χ4v) is 4.07. The molecule has 2 amide bonds. The van der Waals surface area contributed by atoms with Crippen molar-refractivity contribution in [3.05, 3.63) is 53.8 Å². The van der Waals surface area contributed by atoms with Crippen LogP contribution >= 0.6 is 0 Å². The molecule has 0 spiro atoms. The van der Waals surface area contributed by atoms with Crippen LogP contribution in [-0.4, -0.2) is 63.3 Å². The molecular formula is C24H27FN2O5. The third-order valence-corrected chi connectivity index (χ3v) is 5.95. The van der Waals surface area contributed by atoms with Crippen molar-refractivity contribution >= 4 is 17.5 Å². The predicted octanol–water partition coefficient (Wildman–Crippen LogP) is 2.98. The average molecular weight is 442 g/mol. The maximum Gasteiger partial charge on any atom is 0.246 e. The Morgan fingerprint density at radius 1 is 1.25 bits per heavy atom. The Bertz CT molecular complexity index is 992. The van der Waals surface area contributed by atoms with E-state index in [4.69, 9.17) is 14.2 Å². The van der Waals surface area contributed by atoms with E-state index in [-0.39, 0.29) is 30.4 Å². The highest BCUT2D eigenvalue weighted by molar-refractivity contribution is 5.96. The molecule has 2 aromatic rings. The van der Waals surface area contributed by atoms with Gasteiger partial charge in [0, 0.05) is 38.0 Å². The lowest BCUT2D eigenvalue weighted by molar-refractivity contribution is -0.132. The highest BCUT2D eigenvalue weighted by Crippen LogP contribution is 2.36. The standard InChI is InChI=1S/C24H27FN2O5/c1-26(19-5-3-4-18(25)12-19)24(29)14-27-13-17(11-23(27)28)16-6-7-21(30-2)22(10-16)32-20-8-9-31-15-20/h3-7,10,12,17,20H,8-9,11,13-15H2,1-2H3/t17-,20-/m1/s1. The zero-order valence-corrected chi connectivity index (χ0v) is 18.3. The van der Waals surface area contributed by atoms with Gasteiger partial charge in [-0.05, 0) is 35.9 Å². The molecule has 0 N–H and O–H groups in total. The first-order chi connectivity index (χ1) is 15.4. The summed E-state index contributed by atoms with van der Waals surface area (Å²) >= 11 is 0. The Hall–Kier alpha value is -3.13. The Balaban J connectivity index is 1.43. The van der Waals surface area contributed by atoms with Gasteiger partial charge >= 0.3 is 0 Å². The van der Waals surface area contributed by atoms with E-state index < -0.39 is 5.82 Å². The number of amides is 2. The Morgan fingerprint density at radius 3 is 2.81 bits per heavy atom. The van der Waals surface area contributed by atoms with Crippen LogP contribution in [0.4, 0.5) is 10.1 Å². The molecule has 0 radical (unpaired) electrons. The second-order valence-corrected chi connectivity index (χ2v) is 8.12. The minimum atomic E-state index is -0.416. The topological polar surface area (TPSA) is 68.3 Å². The molecule has 2 saturated heterocycles. The fraction of sp³-hybridized carbons (Fsp3) is 0.417. The van der Waals surface area contributed by atoms with Crippen LogP contribution in [-0.2, 0) is 14.3 Å². The van der Waals surface area contributed by atoms with Crippen LogP contribution in [0.15, 0.2) is 42.5 Å². The van der Waals surface area contributed by atoms with E-state index in [9.17, 15) is 14.0 Å². The van der Waals surface area contributed by atoms with Gasteiger partial charge < -0.3 is 24.0 Å². The maximum atomic E-state index is 13.5. The number of anilines is 1. The molecule has 8 heteroatoms. The molecule has 2 heterocycles. The number of nitrogens with zero attached hydrogens (tertiary/aromatic N) is 2. The molecule has 7 nitrogen and oxygen atoms in total. The molecule has 2 aromatic carbocycles. The predicted molar refractivity (Wildman–Crippen MR) is 117 cm³/mol. The molecule has 2 atom stereocenters. The van der Waals surface area contributed by atoms with Gasteiger partial charge in [0.1, 0.15) is 18.5 Å². The van der Waals surface area contributed by atoms with Crippen molar-refractivity contribution in [1.29, 1.82) is 0 Å². The number of rotatable bonds is 7. The third kappa shape index (κ3) is 4.85. The van der Waals surface area contributed by atoms with E-state index in [1.807, 2.05) is 18.2 Å². The van der Waals surface area contributed by atoms with Crippen LogP contribution in [0.3, 0.4) is 0 Å². The summed E-state index contributed by atoms with van der Waals surface area (Å²) in [5.41, 5.74) is 1.41. The number of likely N-dealkylation sites (tertiary alicyclic amines) is 1. The highest BCUT2D eigenvalue weighted by atomic mass is 19.1. The number of carbonyl (C=O) groups excluding carboxylic acids is 2. The number of ether oxygens (including phenoxy) is 3. The molecule has 2 aliphatic heterocycles. The maximum absolute atomic E-state index is 13.5. The highest BCUT2D eigenvalue weighted by Gasteiger charge is 2.33. The summed E-state index contributed by atoms with van der Waals surface area (Å²) in [6, 6.07) is 11.5. The summed E-state index contributed by atoms with van der Waals surface area (Å²) in [6.07, 6.45) is 1.12. The van der Waals surface area contributed by atoms with Crippen molar-refractivity contribution in [2.75, 3.05) is 45.4 Å². The summed E-state index contributed by atoms with van der Waals surface area (Å²) in [5.74, 6) is 0.439. The lowest BCUT2D eigenvalue weighted by Crippen LogP contribution is -2.39. The van der Waals surface area contributed by atoms with Crippen LogP contribution in [0.1, 0.15) is 24.3 Å². The molecule has 170 valence electrons. The van der Waals surface area contributed by atoms with Gasteiger partial charge in [0.15, 0.2) is 11.5 Å². The lowest BCUT2D eigenvalue weighted by Gasteiger charge is -2.22. The Labute approximate surface area is 186 Å². The monoisotopic (exact) mass is 442 g/mol. The van der Waals surface area contributed by atoms with Crippen molar-refractivity contribution in [2.24, 2.45) is 0 Å². The number of halogens is 1. The zero-order valence-electron chi connectivity index (χ0n) is 18.3. The molecule has 0 unspecified atom stereocenters. The van der Waals surface area contributed by atoms with Crippen molar-refractivity contribution in [1.82, 2.24) is 4.90 Å². The van der Waals surface area contributed by atoms with Crippen molar-refractivity contribution < 1.29 is 28.2 Å². The number of hydrogen-bond acceptors (Lipinski definition) is 5. The normalized spacial score (nSPS) is 20.5. The molecule has 0 aliphatic carbocycles. The molecule has 2 fully saturated rings. The first-order valence-electron chi connectivity index (χ1n) is 10.7. The molecule has 0 saturated carbocycles. The molecular weight excluding hydrogens is 415 g/mol. The smallest absolute Gasteiger partial charge is 0.246 e. The van der Waals surface area contributed by atoms with Crippen LogP contribution in [0.2, 0.25) is 0 Å². The minimum absolute atomic E-state index is 0.0168. The van der Waals surface area contributed by atoms with Crippen LogP contribution in [0, 0.1) is 5.82 Å². The molecule has 0 aromatic heterocycles. The Morgan fingerprint density at radius 2 is 2.09 bits per heavy atom. The number of likely N-dealkylation sites (N-methyl/N-ethyl adjacent to an activating group) is 1. The van der Waals surface area contributed by atoms with Gasteiger partial charge in [-0.25, -0.2) is 4.39 Å².